The van der Waals surface area contributed by atoms with Gasteiger partial charge in [0, 0.05) is 25.6 Å². The Balaban J connectivity index is 1.70. The maximum absolute atomic E-state index is 12.8. The molecule has 1 aromatic heterocycles. The molecule has 2 aromatic rings. The molecular formula is C19H26N4O2. The molecule has 1 fully saturated rings. The van der Waals surface area contributed by atoms with E-state index < -0.39 is 0 Å². The van der Waals surface area contributed by atoms with Crippen molar-refractivity contribution in [2.45, 2.75) is 45.2 Å². The van der Waals surface area contributed by atoms with Gasteiger partial charge in [-0.2, -0.15) is 0 Å². The van der Waals surface area contributed by atoms with E-state index in [4.69, 9.17) is 0 Å². The van der Waals surface area contributed by atoms with Crippen molar-refractivity contribution in [3.05, 3.63) is 40.9 Å². The molecule has 6 nitrogen and oxygen atoms in total. The summed E-state index contributed by atoms with van der Waals surface area (Å²) >= 11 is 0. The molecule has 3 rings (SSSR count). The molecule has 1 saturated heterocycles. The predicted octanol–water partition coefficient (Wildman–Crippen LogP) is 1.78. The molecule has 6 heteroatoms. The molecule has 0 radical (unpaired) electrons. The summed E-state index contributed by atoms with van der Waals surface area (Å²) in [5.41, 5.74) is 0.611. The minimum absolute atomic E-state index is 0.0812. The summed E-state index contributed by atoms with van der Waals surface area (Å²) in [5.74, 6) is 0.133. The molecule has 0 spiro atoms. The minimum Gasteiger partial charge on any atom is -0.340 e. The van der Waals surface area contributed by atoms with E-state index >= 15 is 0 Å². The lowest BCUT2D eigenvalue weighted by atomic mass is 10.0. The third-order valence-electron chi connectivity index (χ3n) is 4.83. The lowest BCUT2D eigenvalue weighted by Gasteiger charge is -2.34. The molecule has 0 atom stereocenters. The van der Waals surface area contributed by atoms with Gasteiger partial charge in [-0.3, -0.25) is 14.2 Å². The number of hydrogen-bond donors (Lipinski definition) is 1. The first-order chi connectivity index (χ1) is 12.2. The van der Waals surface area contributed by atoms with Crippen LogP contribution in [0.2, 0.25) is 0 Å². The Labute approximate surface area is 147 Å². The Bertz CT molecular complexity index is 780. The molecule has 2 heterocycles. The second-order valence-electron chi connectivity index (χ2n) is 6.58. The van der Waals surface area contributed by atoms with Crippen LogP contribution < -0.4 is 10.9 Å². The van der Waals surface area contributed by atoms with E-state index in [1.807, 2.05) is 23.1 Å². The number of para-hydroxylation sites is 1. The van der Waals surface area contributed by atoms with Crippen LogP contribution in [0.4, 0.5) is 0 Å². The molecule has 1 aliphatic heterocycles. The number of rotatable bonds is 6. The summed E-state index contributed by atoms with van der Waals surface area (Å²) in [4.78, 5) is 31.6. The van der Waals surface area contributed by atoms with Crippen molar-refractivity contribution >= 4 is 16.8 Å². The van der Waals surface area contributed by atoms with Gasteiger partial charge >= 0.3 is 0 Å². The smallest absolute Gasteiger partial charge is 0.261 e. The van der Waals surface area contributed by atoms with Gasteiger partial charge in [0.1, 0.15) is 0 Å². The van der Waals surface area contributed by atoms with E-state index in [0.29, 0.717) is 29.9 Å². The molecule has 0 unspecified atom stereocenters. The maximum atomic E-state index is 12.8. The molecule has 1 N–H and O–H groups in total. The summed E-state index contributed by atoms with van der Waals surface area (Å²) in [5, 5.41) is 3.94. The number of aryl methyl sites for hydroxylation is 1. The predicted molar refractivity (Wildman–Crippen MR) is 98.5 cm³/mol. The molecular weight excluding hydrogens is 316 g/mol. The van der Waals surface area contributed by atoms with Crippen LogP contribution in [0.3, 0.4) is 0 Å². The molecule has 0 saturated carbocycles. The van der Waals surface area contributed by atoms with E-state index in [0.717, 1.165) is 38.9 Å². The van der Waals surface area contributed by atoms with Crippen LogP contribution in [0.1, 0.15) is 32.6 Å². The van der Waals surface area contributed by atoms with Gasteiger partial charge in [-0.05, 0) is 44.5 Å². The van der Waals surface area contributed by atoms with E-state index in [1.54, 1.807) is 17.0 Å². The van der Waals surface area contributed by atoms with Crippen LogP contribution in [0.15, 0.2) is 35.4 Å². The lowest BCUT2D eigenvalue weighted by Crippen LogP contribution is -2.46. The minimum atomic E-state index is -0.0812. The number of nitrogens with one attached hydrogen (secondary N) is 1. The highest BCUT2D eigenvalue weighted by molar-refractivity contribution is 5.77. The van der Waals surface area contributed by atoms with Crippen molar-refractivity contribution in [2.75, 3.05) is 19.6 Å². The number of nitrogens with zero attached hydrogens (tertiary/aromatic N) is 3. The van der Waals surface area contributed by atoms with E-state index in [2.05, 4.69) is 17.2 Å². The first-order valence-electron chi connectivity index (χ1n) is 9.15. The highest BCUT2D eigenvalue weighted by atomic mass is 16.2. The third-order valence-corrected chi connectivity index (χ3v) is 4.83. The van der Waals surface area contributed by atoms with Crippen molar-refractivity contribution in [1.29, 1.82) is 0 Å². The summed E-state index contributed by atoms with van der Waals surface area (Å²) in [7, 11) is 0. The fraction of sp³-hybridized carbons (Fsp3) is 0.526. The highest BCUT2D eigenvalue weighted by Crippen LogP contribution is 2.14. The fourth-order valence-corrected chi connectivity index (χ4v) is 3.50. The molecule has 1 amide bonds. The van der Waals surface area contributed by atoms with Gasteiger partial charge in [-0.15, -0.1) is 0 Å². The number of piperidine rings is 1. The number of amides is 1. The summed E-state index contributed by atoms with van der Waals surface area (Å²) < 4.78 is 1.55. The van der Waals surface area contributed by atoms with Crippen LogP contribution in [0.5, 0.6) is 0 Å². The van der Waals surface area contributed by atoms with Crippen molar-refractivity contribution in [2.24, 2.45) is 0 Å². The van der Waals surface area contributed by atoms with Crippen LogP contribution in [-0.4, -0.2) is 46.0 Å². The standard InChI is InChI=1S/C19H26N4O2/c1-2-12-23(15-7-10-20-11-8-15)18(24)9-13-22-14-21-17-6-4-3-5-16(17)19(22)25/h3-6,14-15,20H,2,7-13H2,1H3. The second kappa shape index (κ2) is 8.25. The largest absolute Gasteiger partial charge is 0.340 e. The average molecular weight is 342 g/mol. The summed E-state index contributed by atoms with van der Waals surface area (Å²) in [6.07, 6.45) is 4.84. The van der Waals surface area contributed by atoms with Crippen molar-refractivity contribution in [1.82, 2.24) is 19.8 Å². The Morgan fingerprint density at radius 1 is 1.32 bits per heavy atom. The zero-order valence-electron chi connectivity index (χ0n) is 14.8. The number of fused-ring (bicyclic) bond motifs is 1. The molecule has 0 aliphatic carbocycles. The summed E-state index contributed by atoms with van der Waals surface area (Å²) in [6.45, 7) is 5.19. The lowest BCUT2D eigenvalue weighted by molar-refractivity contribution is -0.134. The zero-order chi connectivity index (χ0) is 17.6. The van der Waals surface area contributed by atoms with Gasteiger partial charge in [-0.25, -0.2) is 4.98 Å². The number of hydrogen-bond acceptors (Lipinski definition) is 4. The first kappa shape index (κ1) is 17.6. The van der Waals surface area contributed by atoms with E-state index in [-0.39, 0.29) is 11.5 Å². The van der Waals surface area contributed by atoms with Gasteiger partial charge < -0.3 is 10.2 Å². The van der Waals surface area contributed by atoms with Gasteiger partial charge in [0.15, 0.2) is 0 Å². The van der Waals surface area contributed by atoms with Crippen molar-refractivity contribution in [3.63, 3.8) is 0 Å². The van der Waals surface area contributed by atoms with Gasteiger partial charge in [0.05, 0.1) is 17.2 Å². The second-order valence-corrected chi connectivity index (χ2v) is 6.58. The molecule has 25 heavy (non-hydrogen) atoms. The number of carbonyl (C=O) groups is 1. The molecule has 0 bridgehead atoms. The van der Waals surface area contributed by atoms with Crippen LogP contribution >= 0.6 is 0 Å². The summed E-state index contributed by atoms with van der Waals surface area (Å²) in [6, 6.07) is 7.62. The van der Waals surface area contributed by atoms with Gasteiger partial charge in [-0.1, -0.05) is 19.1 Å². The normalized spacial score (nSPS) is 15.4. The van der Waals surface area contributed by atoms with Crippen LogP contribution in [0.25, 0.3) is 10.9 Å². The Kier molecular flexibility index (Phi) is 5.81. The molecule has 134 valence electrons. The third kappa shape index (κ3) is 4.07. The fourth-order valence-electron chi connectivity index (χ4n) is 3.50. The monoisotopic (exact) mass is 342 g/mol. The Hall–Kier alpha value is -2.21. The number of aromatic nitrogens is 2. The quantitative estimate of drug-likeness (QED) is 0.869. The van der Waals surface area contributed by atoms with Crippen LogP contribution in [0, 0.1) is 0 Å². The average Bonchev–Trinajstić information content (AvgIpc) is 2.66. The van der Waals surface area contributed by atoms with Crippen molar-refractivity contribution < 1.29 is 4.79 Å². The van der Waals surface area contributed by atoms with Gasteiger partial charge in [0.2, 0.25) is 5.91 Å². The molecule has 1 aliphatic rings. The van der Waals surface area contributed by atoms with Crippen molar-refractivity contribution in [3.8, 4) is 0 Å². The molecule has 1 aromatic carbocycles. The van der Waals surface area contributed by atoms with E-state index in [1.165, 1.54) is 0 Å². The van der Waals surface area contributed by atoms with Crippen LogP contribution in [-0.2, 0) is 11.3 Å². The number of carbonyl (C=O) groups excluding carboxylic acids is 1. The maximum Gasteiger partial charge on any atom is 0.261 e. The van der Waals surface area contributed by atoms with Gasteiger partial charge in [0.25, 0.3) is 5.56 Å². The Morgan fingerprint density at radius 3 is 2.84 bits per heavy atom. The Morgan fingerprint density at radius 2 is 2.08 bits per heavy atom. The zero-order valence-corrected chi connectivity index (χ0v) is 14.8. The number of benzene rings is 1. The topological polar surface area (TPSA) is 67.2 Å². The SMILES string of the molecule is CCCN(C(=O)CCn1cnc2ccccc2c1=O)C1CCNCC1. The first-order valence-corrected chi connectivity index (χ1v) is 9.15. The highest BCUT2D eigenvalue weighted by Gasteiger charge is 2.24. The van der Waals surface area contributed by atoms with E-state index in [9.17, 15) is 9.59 Å².